The average Bonchev–Trinajstić information content (AvgIpc) is 2.82. The summed E-state index contributed by atoms with van der Waals surface area (Å²) in [5.74, 6) is 0.465. The number of sulfonamides is 1. The summed E-state index contributed by atoms with van der Waals surface area (Å²) in [4.78, 5) is 4.65. The van der Waals surface area contributed by atoms with Crippen LogP contribution in [-0.4, -0.2) is 38.8 Å². The highest BCUT2D eigenvalue weighted by molar-refractivity contribution is 14.0. The lowest BCUT2D eigenvalue weighted by Crippen LogP contribution is -2.39. The lowest BCUT2D eigenvalue weighted by atomic mass is 10.1. The van der Waals surface area contributed by atoms with Crippen LogP contribution in [0.5, 0.6) is 0 Å². The predicted molar refractivity (Wildman–Crippen MR) is 113 cm³/mol. The van der Waals surface area contributed by atoms with Crippen LogP contribution in [0.25, 0.3) is 0 Å². The number of nitrogens with one attached hydrogen (secondary N) is 1. The molecule has 1 aliphatic carbocycles. The number of rotatable bonds is 5. The molecule has 0 aromatic heterocycles. The molecule has 0 amide bonds. The van der Waals surface area contributed by atoms with Gasteiger partial charge in [-0.05, 0) is 30.5 Å². The average molecular weight is 480 g/mol. The summed E-state index contributed by atoms with van der Waals surface area (Å²) in [6.07, 6.45) is 7.38. The molecular formula is C17H29IN4O2S. The quantitative estimate of drug-likeness (QED) is 0.294. The van der Waals surface area contributed by atoms with Crippen LogP contribution in [-0.2, 0) is 16.6 Å². The van der Waals surface area contributed by atoms with Crippen molar-refractivity contribution in [1.82, 2.24) is 9.62 Å². The fraction of sp³-hybridized carbons (Fsp3) is 0.588. The highest BCUT2D eigenvalue weighted by Gasteiger charge is 2.16. The van der Waals surface area contributed by atoms with E-state index in [2.05, 4.69) is 10.3 Å². The number of aliphatic imine (C=N–C) groups is 1. The Bertz CT molecular complexity index is 652. The molecule has 0 heterocycles. The molecule has 0 atom stereocenters. The first kappa shape index (κ1) is 22.2. The van der Waals surface area contributed by atoms with Crippen molar-refractivity contribution in [1.29, 1.82) is 0 Å². The molecule has 0 unspecified atom stereocenters. The molecule has 1 aromatic rings. The van der Waals surface area contributed by atoms with E-state index in [-0.39, 0.29) is 28.9 Å². The van der Waals surface area contributed by atoms with Crippen LogP contribution >= 0.6 is 24.0 Å². The van der Waals surface area contributed by atoms with Crippen LogP contribution in [0.15, 0.2) is 34.2 Å². The Morgan fingerprint density at radius 2 is 1.72 bits per heavy atom. The van der Waals surface area contributed by atoms with Crippen molar-refractivity contribution in [2.75, 3.05) is 14.1 Å². The summed E-state index contributed by atoms with van der Waals surface area (Å²) in [7, 11) is -0.345. The number of nitrogens with zero attached hydrogens (tertiary/aromatic N) is 2. The molecule has 8 heteroatoms. The predicted octanol–water partition coefficient (Wildman–Crippen LogP) is 2.68. The van der Waals surface area contributed by atoms with Gasteiger partial charge in [0.1, 0.15) is 0 Å². The van der Waals surface area contributed by atoms with E-state index in [0.717, 1.165) is 18.4 Å². The summed E-state index contributed by atoms with van der Waals surface area (Å²) in [5, 5.41) is 3.30. The van der Waals surface area contributed by atoms with E-state index >= 15 is 0 Å². The van der Waals surface area contributed by atoms with Crippen LogP contribution in [0, 0.1) is 0 Å². The van der Waals surface area contributed by atoms with Gasteiger partial charge in [0.2, 0.25) is 10.0 Å². The van der Waals surface area contributed by atoms with E-state index in [1.165, 1.54) is 44.1 Å². The molecule has 2 rings (SSSR count). The topological polar surface area (TPSA) is 87.8 Å². The normalized spacial score (nSPS) is 17.0. The van der Waals surface area contributed by atoms with Gasteiger partial charge >= 0.3 is 0 Å². The Hall–Kier alpha value is -0.870. The van der Waals surface area contributed by atoms with Gasteiger partial charge in [-0.2, -0.15) is 0 Å². The Labute approximate surface area is 168 Å². The molecule has 1 saturated carbocycles. The minimum Gasteiger partial charge on any atom is -0.370 e. The SMILES string of the molecule is CN(C)S(=O)(=O)c1ccc(CN=C(N)NC2CCCCCC2)cc1.I. The van der Waals surface area contributed by atoms with Crippen molar-refractivity contribution in [2.24, 2.45) is 10.7 Å². The fourth-order valence-electron chi connectivity index (χ4n) is 2.83. The second-order valence-electron chi connectivity index (χ2n) is 6.47. The van der Waals surface area contributed by atoms with Crippen LogP contribution in [0.1, 0.15) is 44.1 Å². The molecule has 1 aliphatic rings. The van der Waals surface area contributed by atoms with Gasteiger partial charge in [-0.25, -0.2) is 17.7 Å². The Morgan fingerprint density at radius 1 is 1.16 bits per heavy atom. The summed E-state index contributed by atoms with van der Waals surface area (Å²) in [6.45, 7) is 0.438. The highest BCUT2D eigenvalue weighted by atomic mass is 127. The van der Waals surface area contributed by atoms with Gasteiger partial charge in [0, 0.05) is 20.1 Å². The molecule has 0 bridgehead atoms. The molecule has 142 valence electrons. The molecule has 3 N–H and O–H groups in total. The number of benzene rings is 1. The zero-order valence-corrected chi connectivity index (χ0v) is 18.1. The first-order chi connectivity index (χ1) is 11.4. The van der Waals surface area contributed by atoms with Crippen molar-refractivity contribution in [2.45, 2.75) is 56.0 Å². The van der Waals surface area contributed by atoms with Gasteiger partial charge in [-0.1, -0.05) is 37.8 Å². The molecule has 0 aliphatic heterocycles. The summed E-state index contributed by atoms with van der Waals surface area (Å²) >= 11 is 0. The maximum atomic E-state index is 12.0. The number of hydrogen-bond acceptors (Lipinski definition) is 3. The summed E-state index contributed by atoms with van der Waals surface area (Å²) in [6, 6.07) is 7.19. The maximum Gasteiger partial charge on any atom is 0.242 e. The Balaban J connectivity index is 0.00000312. The zero-order valence-electron chi connectivity index (χ0n) is 14.9. The van der Waals surface area contributed by atoms with E-state index in [1.807, 2.05) is 0 Å². The minimum absolute atomic E-state index is 0. The van der Waals surface area contributed by atoms with Gasteiger partial charge in [0.05, 0.1) is 11.4 Å². The minimum atomic E-state index is -3.39. The zero-order chi connectivity index (χ0) is 17.6. The van der Waals surface area contributed by atoms with Crippen molar-refractivity contribution in [3.63, 3.8) is 0 Å². The lowest BCUT2D eigenvalue weighted by molar-refractivity contribution is 0.520. The third kappa shape index (κ3) is 6.74. The number of hydrogen-bond donors (Lipinski definition) is 2. The van der Waals surface area contributed by atoms with Crippen molar-refractivity contribution in [3.8, 4) is 0 Å². The molecule has 1 fully saturated rings. The van der Waals surface area contributed by atoms with Gasteiger partial charge < -0.3 is 11.1 Å². The maximum absolute atomic E-state index is 12.0. The molecule has 0 spiro atoms. The Kier molecular flexibility index (Phi) is 9.15. The van der Waals surface area contributed by atoms with E-state index in [4.69, 9.17) is 5.73 Å². The Morgan fingerprint density at radius 3 is 2.24 bits per heavy atom. The summed E-state index contributed by atoms with van der Waals surface area (Å²) < 4.78 is 25.3. The van der Waals surface area contributed by atoms with Crippen molar-refractivity contribution in [3.05, 3.63) is 29.8 Å². The van der Waals surface area contributed by atoms with Crippen LogP contribution in [0.3, 0.4) is 0 Å². The monoisotopic (exact) mass is 480 g/mol. The molecule has 25 heavy (non-hydrogen) atoms. The number of guanidine groups is 1. The van der Waals surface area contributed by atoms with Crippen molar-refractivity contribution < 1.29 is 8.42 Å². The first-order valence-corrected chi connectivity index (χ1v) is 9.91. The third-order valence-corrected chi connectivity index (χ3v) is 6.17. The van der Waals surface area contributed by atoms with E-state index in [0.29, 0.717) is 18.5 Å². The lowest BCUT2D eigenvalue weighted by Gasteiger charge is -2.16. The van der Waals surface area contributed by atoms with Gasteiger partial charge in [0.15, 0.2) is 5.96 Å². The molecule has 6 nitrogen and oxygen atoms in total. The van der Waals surface area contributed by atoms with Gasteiger partial charge in [0.25, 0.3) is 0 Å². The van der Waals surface area contributed by atoms with Crippen LogP contribution < -0.4 is 11.1 Å². The largest absolute Gasteiger partial charge is 0.370 e. The second-order valence-corrected chi connectivity index (χ2v) is 8.62. The standard InChI is InChI=1S/C17H28N4O2S.HI/c1-21(2)24(22,23)16-11-9-14(10-12-16)13-19-17(18)20-15-7-5-3-4-6-8-15;/h9-12,15H,3-8,13H2,1-2H3,(H3,18,19,20);1H. The number of halogens is 1. The second kappa shape index (κ2) is 10.3. The third-order valence-electron chi connectivity index (χ3n) is 4.34. The number of nitrogens with two attached hydrogens (primary N) is 1. The van der Waals surface area contributed by atoms with Crippen LogP contribution in [0.2, 0.25) is 0 Å². The summed E-state index contributed by atoms with van der Waals surface area (Å²) in [5.41, 5.74) is 6.91. The van der Waals surface area contributed by atoms with Gasteiger partial charge in [-0.3, -0.25) is 0 Å². The fourth-order valence-corrected chi connectivity index (χ4v) is 3.73. The molecule has 1 aromatic carbocycles. The van der Waals surface area contributed by atoms with Gasteiger partial charge in [-0.15, -0.1) is 24.0 Å². The van der Waals surface area contributed by atoms with Crippen LogP contribution in [0.4, 0.5) is 0 Å². The molecule has 0 saturated heterocycles. The van der Waals surface area contributed by atoms with E-state index in [9.17, 15) is 8.42 Å². The van der Waals surface area contributed by atoms with Crippen molar-refractivity contribution >= 4 is 40.0 Å². The first-order valence-electron chi connectivity index (χ1n) is 8.47. The molecular weight excluding hydrogens is 451 g/mol. The van der Waals surface area contributed by atoms with E-state index in [1.54, 1.807) is 24.3 Å². The highest BCUT2D eigenvalue weighted by Crippen LogP contribution is 2.17. The smallest absolute Gasteiger partial charge is 0.242 e. The van der Waals surface area contributed by atoms with E-state index < -0.39 is 10.0 Å². The molecule has 0 radical (unpaired) electrons.